The van der Waals surface area contributed by atoms with Gasteiger partial charge in [-0.25, -0.2) is 0 Å². The Bertz CT molecular complexity index is 601. The number of fused-ring (bicyclic) bond motifs is 1. The monoisotopic (exact) mass is 280 g/mol. The van der Waals surface area contributed by atoms with E-state index in [4.69, 9.17) is 0 Å². The minimum Gasteiger partial charge on any atom is -0.384 e. The van der Waals surface area contributed by atoms with Gasteiger partial charge in [-0.3, -0.25) is 0 Å². The van der Waals surface area contributed by atoms with Crippen molar-refractivity contribution in [3.05, 3.63) is 64.7 Å². The number of anilines is 1. The molecule has 0 fully saturated rings. The molecule has 0 radical (unpaired) electrons. The molecule has 1 heterocycles. The van der Waals surface area contributed by atoms with Gasteiger partial charge in [-0.15, -0.1) is 0 Å². The Hall–Kier alpha value is -1.80. The van der Waals surface area contributed by atoms with Gasteiger partial charge in [-0.1, -0.05) is 55.0 Å². The highest BCUT2D eigenvalue weighted by atomic mass is 14.9. The van der Waals surface area contributed by atoms with E-state index >= 15 is 0 Å². The fourth-order valence-electron chi connectivity index (χ4n) is 3.09. The summed E-state index contributed by atoms with van der Waals surface area (Å²) in [5.41, 5.74) is 6.89. The van der Waals surface area contributed by atoms with Crippen molar-refractivity contribution in [3.63, 3.8) is 0 Å². The molecule has 0 bridgehead atoms. The Labute approximate surface area is 127 Å². The first-order chi connectivity index (χ1) is 10.3. The third-order valence-corrected chi connectivity index (χ3v) is 4.36. The molecule has 0 aliphatic carbocycles. The van der Waals surface area contributed by atoms with E-state index in [0.29, 0.717) is 6.04 Å². The Balaban J connectivity index is 1.71. The van der Waals surface area contributed by atoms with Crippen LogP contribution in [-0.2, 0) is 13.0 Å². The highest BCUT2D eigenvalue weighted by Crippen LogP contribution is 2.27. The first-order valence-corrected chi connectivity index (χ1v) is 7.92. The molecule has 2 aromatic rings. The summed E-state index contributed by atoms with van der Waals surface area (Å²) in [5, 5.41) is 7.23. The molecular weight excluding hydrogens is 256 g/mol. The zero-order valence-electron chi connectivity index (χ0n) is 12.9. The first-order valence-electron chi connectivity index (χ1n) is 7.92. The van der Waals surface area contributed by atoms with E-state index in [1.807, 2.05) is 0 Å². The minimum atomic E-state index is 0.419. The van der Waals surface area contributed by atoms with Gasteiger partial charge in [0, 0.05) is 24.8 Å². The van der Waals surface area contributed by atoms with Gasteiger partial charge in [0.25, 0.3) is 0 Å². The lowest BCUT2D eigenvalue weighted by molar-refractivity contribution is 0.519. The van der Waals surface area contributed by atoms with Gasteiger partial charge in [0.15, 0.2) is 0 Å². The van der Waals surface area contributed by atoms with Crippen molar-refractivity contribution in [1.29, 1.82) is 0 Å². The highest BCUT2D eigenvalue weighted by molar-refractivity contribution is 5.61. The van der Waals surface area contributed by atoms with Gasteiger partial charge >= 0.3 is 0 Å². The second-order valence-electron chi connectivity index (χ2n) is 5.88. The van der Waals surface area contributed by atoms with E-state index < -0.39 is 0 Å². The average Bonchev–Trinajstić information content (AvgIpc) is 2.99. The van der Waals surface area contributed by atoms with Crippen LogP contribution in [0.5, 0.6) is 0 Å². The summed E-state index contributed by atoms with van der Waals surface area (Å²) < 4.78 is 0. The van der Waals surface area contributed by atoms with E-state index in [-0.39, 0.29) is 0 Å². The van der Waals surface area contributed by atoms with Gasteiger partial charge in [-0.2, -0.15) is 0 Å². The van der Waals surface area contributed by atoms with Crippen molar-refractivity contribution in [3.8, 4) is 0 Å². The summed E-state index contributed by atoms with van der Waals surface area (Å²) in [6, 6.07) is 15.9. The van der Waals surface area contributed by atoms with Crippen LogP contribution in [0.4, 0.5) is 5.69 Å². The predicted octanol–water partition coefficient (Wildman–Crippen LogP) is 4.20. The topological polar surface area (TPSA) is 24.1 Å². The Kier molecular flexibility index (Phi) is 4.26. The maximum atomic E-state index is 3.71. The molecule has 2 nitrogen and oxygen atoms in total. The van der Waals surface area contributed by atoms with Crippen molar-refractivity contribution >= 4 is 5.69 Å². The smallest absolute Gasteiger partial charge is 0.0419 e. The quantitative estimate of drug-likeness (QED) is 0.857. The minimum absolute atomic E-state index is 0.419. The lowest BCUT2D eigenvalue weighted by Crippen LogP contribution is -2.20. The first kappa shape index (κ1) is 14.2. The Morgan fingerprint density at radius 3 is 2.71 bits per heavy atom. The number of rotatable bonds is 5. The van der Waals surface area contributed by atoms with Crippen LogP contribution < -0.4 is 10.6 Å². The highest BCUT2D eigenvalue weighted by Gasteiger charge is 2.15. The molecule has 1 aliphatic heterocycles. The molecule has 3 rings (SSSR count). The molecule has 0 saturated heterocycles. The molecule has 1 atom stereocenters. The SMILES string of the molecule is CCC(NCc1cccc2c1NCC2)c1ccc(C)cc1. The molecule has 2 heteroatoms. The molecule has 2 aromatic carbocycles. The average molecular weight is 280 g/mol. The number of benzene rings is 2. The number of hydrogen-bond donors (Lipinski definition) is 2. The van der Waals surface area contributed by atoms with Crippen molar-refractivity contribution in [2.75, 3.05) is 11.9 Å². The molecule has 1 aliphatic rings. The Morgan fingerprint density at radius 2 is 1.95 bits per heavy atom. The molecular formula is C19H24N2. The number of para-hydroxylation sites is 1. The van der Waals surface area contributed by atoms with Crippen LogP contribution >= 0.6 is 0 Å². The van der Waals surface area contributed by atoms with Crippen molar-refractivity contribution in [2.24, 2.45) is 0 Å². The van der Waals surface area contributed by atoms with Crippen LogP contribution in [0.2, 0.25) is 0 Å². The van der Waals surface area contributed by atoms with E-state index in [2.05, 4.69) is 66.9 Å². The van der Waals surface area contributed by atoms with Crippen LogP contribution in [0.3, 0.4) is 0 Å². The molecule has 1 unspecified atom stereocenters. The van der Waals surface area contributed by atoms with Gasteiger partial charge in [-0.05, 0) is 36.5 Å². The normalized spacial score (nSPS) is 14.6. The van der Waals surface area contributed by atoms with Gasteiger partial charge in [0.05, 0.1) is 0 Å². The largest absolute Gasteiger partial charge is 0.384 e. The van der Waals surface area contributed by atoms with E-state index in [1.54, 1.807) is 0 Å². The maximum Gasteiger partial charge on any atom is 0.0419 e. The standard InChI is InChI=1S/C19H24N2/c1-3-18(15-9-7-14(2)8-10-15)21-13-17-6-4-5-16-11-12-20-19(16)17/h4-10,18,20-21H,3,11-13H2,1-2H3. The maximum absolute atomic E-state index is 3.71. The number of hydrogen-bond acceptors (Lipinski definition) is 2. The lowest BCUT2D eigenvalue weighted by Gasteiger charge is -2.19. The van der Waals surface area contributed by atoms with Crippen LogP contribution in [0.15, 0.2) is 42.5 Å². The van der Waals surface area contributed by atoms with Crippen molar-refractivity contribution in [1.82, 2.24) is 5.32 Å². The van der Waals surface area contributed by atoms with Crippen molar-refractivity contribution in [2.45, 2.75) is 39.3 Å². The number of aryl methyl sites for hydroxylation is 1. The van der Waals surface area contributed by atoms with Gasteiger partial charge < -0.3 is 10.6 Å². The van der Waals surface area contributed by atoms with Crippen LogP contribution in [0.1, 0.15) is 41.6 Å². The molecule has 0 aromatic heterocycles. The second-order valence-corrected chi connectivity index (χ2v) is 5.88. The second kappa shape index (κ2) is 6.31. The van der Waals surface area contributed by atoms with Crippen LogP contribution in [-0.4, -0.2) is 6.54 Å². The van der Waals surface area contributed by atoms with E-state index in [1.165, 1.54) is 27.9 Å². The lowest BCUT2D eigenvalue weighted by atomic mass is 10.0. The molecule has 2 N–H and O–H groups in total. The predicted molar refractivity (Wildman–Crippen MR) is 89.7 cm³/mol. The summed E-state index contributed by atoms with van der Waals surface area (Å²) in [4.78, 5) is 0. The zero-order valence-corrected chi connectivity index (χ0v) is 12.9. The molecule has 0 spiro atoms. The third kappa shape index (κ3) is 3.11. The van der Waals surface area contributed by atoms with Crippen LogP contribution in [0.25, 0.3) is 0 Å². The zero-order chi connectivity index (χ0) is 14.7. The fourth-order valence-corrected chi connectivity index (χ4v) is 3.09. The van der Waals surface area contributed by atoms with Gasteiger partial charge in [0.2, 0.25) is 0 Å². The third-order valence-electron chi connectivity index (χ3n) is 4.36. The Morgan fingerprint density at radius 1 is 1.14 bits per heavy atom. The van der Waals surface area contributed by atoms with Gasteiger partial charge in [0.1, 0.15) is 0 Å². The van der Waals surface area contributed by atoms with E-state index in [9.17, 15) is 0 Å². The van der Waals surface area contributed by atoms with Crippen LogP contribution in [0, 0.1) is 6.92 Å². The molecule has 21 heavy (non-hydrogen) atoms. The molecule has 0 saturated carbocycles. The summed E-state index contributed by atoms with van der Waals surface area (Å²) in [7, 11) is 0. The van der Waals surface area contributed by atoms with Crippen molar-refractivity contribution < 1.29 is 0 Å². The molecule has 0 amide bonds. The summed E-state index contributed by atoms with van der Waals surface area (Å²) in [5.74, 6) is 0. The van der Waals surface area contributed by atoms with E-state index in [0.717, 1.165) is 25.9 Å². The fraction of sp³-hybridized carbons (Fsp3) is 0.368. The summed E-state index contributed by atoms with van der Waals surface area (Å²) in [6.07, 6.45) is 2.25. The molecule has 110 valence electrons. The number of nitrogens with one attached hydrogen (secondary N) is 2. The summed E-state index contributed by atoms with van der Waals surface area (Å²) in [6.45, 7) is 6.37. The summed E-state index contributed by atoms with van der Waals surface area (Å²) >= 11 is 0.